The normalized spacial score (nSPS) is 12.5. The van der Waals surface area contributed by atoms with Crippen molar-refractivity contribution in [1.29, 1.82) is 0 Å². The Hall–Kier alpha value is -2.50. The van der Waals surface area contributed by atoms with Gasteiger partial charge in [0.1, 0.15) is 17.2 Å². The standard InChI is InChI=1S/C18H19F2N2O2/c1-18(2,3)24-17(23)22-16(15-6-4-5-7-21-15)10-12-8-13(19)11-14(20)9-12/h4,6-9,11,16H,10H2,1-3H3,(H,22,23). The molecule has 0 aliphatic heterocycles. The SMILES string of the molecule is CC(C)(C)OC(=O)NC(Cc1cc(F)cc(F)c1)c1cc[c]cn1. The van der Waals surface area contributed by atoms with Crippen LogP contribution < -0.4 is 5.32 Å². The number of aromatic nitrogens is 1. The second kappa shape index (κ2) is 7.38. The van der Waals surface area contributed by atoms with Crippen LogP contribution in [0.5, 0.6) is 0 Å². The maximum absolute atomic E-state index is 13.4. The minimum absolute atomic E-state index is 0.172. The second-order valence-corrected chi connectivity index (χ2v) is 6.36. The van der Waals surface area contributed by atoms with Crippen LogP contribution in [-0.4, -0.2) is 16.7 Å². The number of halogens is 2. The summed E-state index contributed by atoms with van der Waals surface area (Å²) >= 11 is 0. The minimum atomic E-state index is -0.671. The van der Waals surface area contributed by atoms with E-state index in [1.807, 2.05) is 0 Å². The van der Waals surface area contributed by atoms with E-state index in [2.05, 4.69) is 16.4 Å². The number of nitrogens with one attached hydrogen (secondary N) is 1. The fourth-order valence-corrected chi connectivity index (χ4v) is 2.18. The molecule has 4 nitrogen and oxygen atoms in total. The van der Waals surface area contributed by atoms with Crippen LogP contribution in [0.1, 0.15) is 38.1 Å². The highest BCUT2D eigenvalue weighted by atomic mass is 19.1. The zero-order valence-corrected chi connectivity index (χ0v) is 13.8. The van der Waals surface area contributed by atoms with Crippen LogP contribution in [0.25, 0.3) is 0 Å². The molecule has 0 aliphatic carbocycles. The first-order valence-corrected chi connectivity index (χ1v) is 7.49. The number of rotatable bonds is 4. The largest absolute Gasteiger partial charge is 0.444 e. The van der Waals surface area contributed by atoms with Crippen molar-refractivity contribution in [3.63, 3.8) is 0 Å². The smallest absolute Gasteiger partial charge is 0.408 e. The number of nitrogens with zero attached hydrogens (tertiary/aromatic N) is 1. The zero-order valence-electron chi connectivity index (χ0n) is 13.8. The highest BCUT2D eigenvalue weighted by molar-refractivity contribution is 5.68. The molecular formula is C18H19F2N2O2. The monoisotopic (exact) mass is 333 g/mol. The van der Waals surface area contributed by atoms with Gasteiger partial charge in [0, 0.05) is 18.3 Å². The van der Waals surface area contributed by atoms with Crippen LogP contribution in [0.15, 0.2) is 36.5 Å². The lowest BCUT2D eigenvalue weighted by molar-refractivity contribution is 0.0502. The van der Waals surface area contributed by atoms with E-state index in [-0.39, 0.29) is 6.42 Å². The molecular weight excluding hydrogens is 314 g/mol. The predicted molar refractivity (Wildman–Crippen MR) is 85.2 cm³/mol. The van der Waals surface area contributed by atoms with Gasteiger partial charge >= 0.3 is 6.09 Å². The second-order valence-electron chi connectivity index (χ2n) is 6.36. The Labute approximate surface area is 139 Å². The van der Waals surface area contributed by atoms with E-state index < -0.39 is 29.4 Å². The molecule has 0 saturated heterocycles. The van der Waals surface area contributed by atoms with E-state index >= 15 is 0 Å². The van der Waals surface area contributed by atoms with Gasteiger partial charge in [-0.3, -0.25) is 4.98 Å². The van der Waals surface area contributed by atoms with Crippen molar-refractivity contribution in [3.05, 3.63) is 65.5 Å². The number of amides is 1. The third-order valence-electron chi connectivity index (χ3n) is 3.05. The van der Waals surface area contributed by atoms with Gasteiger partial charge in [-0.05, 0) is 51.0 Å². The summed E-state index contributed by atoms with van der Waals surface area (Å²) in [5, 5.41) is 2.69. The lowest BCUT2D eigenvalue weighted by Crippen LogP contribution is -2.36. The van der Waals surface area contributed by atoms with Gasteiger partial charge in [-0.1, -0.05) is 6.07 Å². The van der Waals surface area contributed by atoms with Gasteiger partial charge < -0.3 is 10.1 Å². The Morgan fingerprint density at radius 1 is 1.29 bits per heavy atom. The maximum atomic E-state index is 13.4. The van der Waals surface area contributed by atoms with Gasteiger partial charge in [0.15, 0.2) is 0 Å². The predicted octanol–water partition coefficient (Wildman–Crippen LogP) is 3.97. The molecule has 1 atom stereocenters. The van der Waals surface area contributed by atoms with Crippen molar-refractivity contribution in [3.8, 4) is 0 Å². The Morgan fingerprint density at radius 2 is 1.96 bits per heavy atom. The van der Waals surface area contributed by atoms with E-state index in [1.54, 1.807) is 32.9 Å². The summed E-state index contributed by atoms with van der Waals surface area (Å²) in [5.74, 6) is -1.34. The molecule has 1 N–H and O–H groups in total. The first-order chi connectivity index (χ1) is 11.2. The Morgan fingerprint density at radius 3 is 2.50 bits per heavy atom. The third kappa shape index (κ3) is 5.61. The molecule has 1 aromatic heterocycles. The molecule has 0 saturated carbocycles. The molecule has 0 aliphatic rings. The lowest BCUT2D eigenvalue weighted by Gasteiger charge is -2.23. The van der Waals surface area contributed by atoms with Gasteiger partial charge in [-0.2, -0.15) is 0 Å². The van der Waals surface area contributed by atoms with Crippen molar-refractivity contribution in [1.82, 2.24) is 10.3 Å². The summed E-state index contributed by atoms with van der Waals surface area (Å²) in [6.07, 6.45) is 1.01. The van der Waals surface area contributed by atoms with Gasteiger partial charge in [0.2, 0.25) is 0 Å². The van der Waals surface area contributed by atoms with E-state index in [9.17, 15) is 13.6 Å². The molecule has 6 heteroatoms. The van der Waals surface area contributed by atoms with Crippen molar-refractivity contribution in [2.75, 3.05) is 0 Å². The number of carbonyl (C=O) groups is 1. The van der Waals surface area contributed by atoms with E-state index in [0.29, 0.717) is 11.3 Å². The minimum Gasteiger partial charge on any atom is -0.444 e. The summed E-state index contributed by atoms with van der Waals surface area (Å²) < 4.78 is 32.0. The fraction of sp³-hybridized carbons (Fsp3) is 0.333. The van der Waals surface area contributed by atoms with Gasteiger partial charge in [0.05, 0.1) is 11.7 Å². The topological polar surface area (TPSA) is 51.2 Å². The molecule has 1 unspecified atom stereocenters. The van der Waals surface area contributed by atoms with Gasteiger partial charge in [0.25, 0.3) is 0 Å². The van der Waals surface area contributed by atoms with Crippen LogP contribution in [0.3, 0.4) is 0 Å². The summed E-state index contributed by atoms with van der Waals surface area (Å²) in [6, 6.07) is 8.78. The number of ether oxygens (including phenoxy) is 1. The quantitative estimate of drug-likeness (QED) is 0.921. The summed E-state index contributed by atoms with van der Waals surface area (Å²) in [6.45, 7) is 5.25. The molecule has 1 aromatic carbocycles. The molecule has 1 radical (unpaired) electrons. The fourth-order valence-electron chi connectivity index (χ4n) is 2.18. The Balaban J connectivity index is 2.22. The highest BCUT2D eigenvalue weighted by Gasteiger charge is 2.22. The molecule has 0 bridgehead atoms. The Bertz CT molecular complexity index is 680. The average molecular weight is 333 g/mol. The van der Waals surface area contributed by atoms with Crippen molar-refractivity contribution in [2.24, 2.45) is 0 Å². The van der Waals surface area contributed by atoms with E-state index in [1.165, 1.54) is 18.3 Å². The number of alkyl carbamates (subject to hydrolysis) is 1. The van der Waals surface area contributed by atoms with Crippen molar-refractivity contribution in [2.45, 2.75) is 38.8 Å². The lowest BCUT2D eigenvalue weighted by atomic mass is 10.0. The average Bonchev–Trinajstić information content (AvgIpc) is 2.44. The number of carbonyl (C=O) groups excluding carboxylic acids is 1. The van der Waals surface area contributed by atoms with Crippen LogP contribution in [0.4, 0.5) is 13.6 Å². The first-order valence-electron chi connectivity index (χ1n) is 7.49. The van der Waals surface area contributed by atoms with Gasteiger partial charge in [-0.15, -0.1) is 0 Å². The number of benzene rings is 1. The van der Waals surface area contributed by atoms with Crippen LogP contribution in [0.2, 0.25) is 0 Å². The number of hydrogen-bond donors (Lipinski definition) is 1. The molecule has 24 heavy (non-hydrogen) atoms. The molecule has 127 valence electrons. The Kier molecular flexibility index (Phi) is 5.49. The zero-order chi connectivity index (χ0) is 17.7. The molecule has 0 fully saturated rings. The van der Waals surface area contributed by atoms with Crippen LogP contribution in [0, 0.1) is 17.7 Å². The number of hydrogen-bond acceptors (Lipinski definition) is 3. The van der Waals surface area contributed by atoms with Gasteiger partial charge in [-0.25, -0.2) is 13.6 Å². The van der Waals surface area contributed by atoms with E-state index in [4.69, 9.17) is 4.74 Å². The maximum Gasteiger partial charge on any atom is 0.408 e. The first kappa shape index (κ1) is 17.8. The van der Waals surface area contributed by atoms with E-state index in [0.717, 1.165) is 6.07 Å². The molecule has 0 spiro atoms. The van der Waals surface area contributed by atoms with Crippen molar-refractivity contribution >= 4 is 6.09 Å². The summed E-state index contributed by atoms with van der Waals surface area (Å²) in [4.78, 5) is 16.2. The van der Waals surface area contributed by atoms with Crippen LogP contribution in [-0.2, 0) is 11.2 Å². The number of pyridine rings is 1. The molecule has 1 heterocycles. The third-order valence-corrected chi connectivity index (χ3v) is 3.05. The molecule has 2 rings (SSSR count). The molecule has 1 amide bonds. The van der Waals surface area contributed by atoms with Crippen molar-refractivity contribution < 1.29 is 18.3 Å². The van der Waals surface area contributed by atoms with Crippen LogP contribution >= 0.6 is 0 Å². The summed E-state index contributed by atoms with van der Waals surface area (Å²) in [7, 11) is 0. The highest BCUT2D eigenvalue weighted by Crippen LogP contribution is 2.19. The molecule has 2 aromatic rings. The summed E-state index contributed by atoms with van der Waals surface area (Å²) in [5.41, 5.74) is 0.296.